The molecular formula is C24H27NO3. The quantitative estimate of drug-likeness (QED) is 0.433. The zero-order valence-electron chi connectivity index (χ0n) is 17.0. The Morgan fingerprint density at radius 3 is 2.46 bits per heavy atom. The number of aryl methyl sites for hydroxylation is 3. The molecule has 2 bridgehead atoms. The molecule has 1 fully saturated rings. The zero-order chi connectivity index (χ0) is 20.0. The molecular weight excluding hydrogens is 350 g/mol. The molecule has 2 aliphatic rings. The number of hydrogen-bond donors (Lipinski definition) is 0. The molecule has 146 valence electrons. The molecule has 0 radical (unpaired) electrons. The molecule has 2 aromatic rings. The third-order valence-electron chi connectivity index (χ3n) is 6.41. The summed E-state index contributed by atoms with van der Waals surface area (Å²) in [6.45, 7) is 7.92. The van der Waals surface area contributed by atoms with Gasteiger partial charge in [-0.05, 0) is 81.7 Å². The molecule has 28 heavy (non-hydrogen) atoms. The second-order valence-corrected chi connectivity index (χ2v) is 8.31. The lowest BCUT2D eigenvalue weighted by atomic mass is 9.94. The van der Waals surface area contributed by atoms with Gasteiger partial charge in [-0.1, -0.05) is 18.2 Å². The van der Waals surface area contributed by atoms with Crippen molar-refractivity contribution >= 4 is 11.8 Å². The first kappa shape index (κ1) is 18.7. The first-order valence-electron chi connectivity index (χ1n) is 10.00. The fraction of sp³-hybridized carbons (Fsp3) is 0.417. The third-order valence-corrected chi connectivity index (χ3v) is 6.41. The largest absolute Gasteiger partial charge is 0.457 e. The maximum Gasteiger partial charge on any atom is 0.310 e. The normalized spacial score (nSPS) is 22.6. The molecule has 0 unspecified atom stereocenters. The number of carbonyl (C=O) groups is 2. The number of aromatic nitrogens is 1. The topological polar surface area (TPSA) is 48.3 Å². The van der Waals surface area contributed by atoms with E-state index in [0.717, 1.165) is 29.9 Å². The minimum atomic E-state index is -0.229. The van der Waals surface area contributed by atoms with Gasteiger partial charge in [-0.25, -0.2) is 0 Å². The van der Waals surface area contributed by atoms with Gasteiger partial charge in [-0.3, -0.25) is 9.59 Å². The van der Waals surface area contributed by atoms with E-state index in [0.29, 0.717) is 17.4 Å². The first-order chi connectivity index (χ1) is 13.3. The molecule has 1 saturated carbocycles. The number of nitrogens with zero attached hydrogens (tertiary/aromatic N) is 1. The van der Waals surface area contributed by atoms with Crippen LogP contribution in [0.1, 0.15) is 45.7 Å². The molecule has 4 nitrogen and oxygen atoms in total. The number of carbonyl (C=O) groups excluding carboxylic acids is 2. The average Bonchev–Trinajstić information content (AvgIpc) is 3.37. The van der Waals surface area contributed by atoms with Crippen molar-refractivity contribution in [2.75, 3.05) is 6.61 Å². The predicted molar refractivity (Wildman–Crippen MR) is 109 cm³/mol. The Bertz CT molecular complexity index is 982. The number of fused-ring (bicyclic) bond motifs is 2. The number of esters is 1. The lowest BCUT2D eigenvalue weighted by Gasteiger charge is -2.16. The Balaban J connectivity index is 1.48. The van der Waals surface area contributed by atoms with Crippen LogP contribution < -0.4 is 0 Å². The van der Waals surface area contributed by atoms with E-state index in [9.17, 15) is 9.59 Å². The molecule has 1 heterocycles. The highest BCUT2D eigenvalue weighted by Gasteiger charge is 2.40. The van der Waals surface area contributed by atoms with Gasteiger partial charge in [0, 0.05) is 22.6 Å². The van der Waals surface area contributed by atoms with Crippen LogP contribution >= 0.6 is 0 Å². The number of Topliss-reactive ketones (excluding diaryl/α,β-unsaturated/α-hetero) is 1. The van der Waals surface area contributed by atoms with Crippen LogP contribution in [0.5, 0.6) is 0 Å². The Hall–Kier alpha value is -2.62. The predicted octanol–water partition coefficient (Wildman–Crippen LogP) is 4.65. The van der Waals surface area contributed by atoms with E-state index in [1.54, 1.807) is 0 Å². The van der Waals surface area contributed by atoms with E-state index in [1.807, 2.05) is 19.9 Å². The van der Waals surface area contributed by atoms with Crippen LogP contribution in [-0.4, -0.2) is 22.9 Å². The molecule has 2 aliphatic carbocycles. The van der Waals surface area contributed by atoms with Crippen molar-refractivity contribution < 1.29 is 14.3 Å². The standard InChI is InChI=1S/C24H27NO3/c1-14-5-8-20(9-15(14)2)25-16(3)10-21(17(25)4)23(26)13-28-24(27)22-12-18-6-7-19(22)11-18/h5-10,18-19,22H,11-13H2,1-4H3/t18-,19+,22-/m1/s1. The molecule has 0 amide bonds. The Labute approximate surface area is 166 Å². The van der Waals surface area contributed by atoms with Gasteiger partial charge >= 0.3 is 5.97 Å². The van der Waals surface area contributed by atoms with Crippen LogP contribution in [0, 0.1) is 45.4 Å². The van der Waals surface area contributed by atoms with Crippen molar-refractivity contribution in [3.05, 3.63) is 64.5 Å². The number of benzene rings is 1. The van der Waals surface area contributed by atoms with Crippen molar-refractivity contribution in [1.29, 1.82) is 0 Å². The molecule has 0 spiro atoms. The van der Waals surface area contributed by atoms with E-state index >= 15 is 0 Å². The van der Waals surface area contributed by atoms with Crippen molar-refractivity contribution in [2.24, 2.45) is 17.8 Å². The zero-order valence-corrected chi connectivity index (χ0v) is 17.0. The summed E-state index contributed by atoms with van der Waals surface area (Å²) < 4.78 is 7.49. The first-order valence-corrected chi connectivity index (χ1v) is 10.00. The monoisotopic (exact) mass is 377 g/mol. The minimum Gasteiger partial charge on any atom is -0.457 e. The highest BCUT2D eigenvalue weighted by Crippen LogP contribution is 2.43. The molecule has 1 aromatic heterocycles. The van der Waals surface area contributed by atoms with Gasteiger partial charge < -0.3 is 9.30 Å². The molecule has 0 aliphatic heterocycles. The van der Waals surface area contributed by atoms with Gasteiger partial charge in [0.1, 0.15) is 0 Å². The molecule has 4 heteroatoms. The second-order valence-electron chi connectivity index (χ2n) is 8.31. The van der Waals surface area contributed by atoms with Crippen LogP contribution in [0.25, 0.3) is 5.69 Å². The van der Waals surface area contributed by atoms with Crippen LogP contribution in [0.4, 0.5) is 0 Å². The van der Waals surface area contributed by atoms with Crippen molar-refractivity contribution in [2.45, 2.75) is 40.5 Å². The fourth-order valence-corrected chi connectivity index (χ4v) is 4.68. The van der Waals surface area contributed by atoms with Gasteiger partial charge in [-0.2, -0.15) is 0 Å². The summed E-state index contributed by atoms with van der Waals surface area (Å²) in [6, 6.07) is 8.18. The number of hydrogen-bond acceptors (Lipinski definition) is 3. The van der Waals surface area contributed by atoms with E-state index in [-0.39, 0.29) is 24.3 Å². The van der Waals surface area contributed by atoms with E-state index in [4.69, 9.17) is 4.74 Å². The van der Waals surface area contributed by atoms with Crippen molar-refractivity contribution in [3.8, 4) is 5.69 Å². The van der Waals surface area contributed by atoms with Gasteiger partial charge in [0.15, 0.2) is 6.61 Å². The van der Waals surface area contributed by atoms with Gasteiger partial charge in [0.25, 0.3) is 0 Å². The summed E-state index contributed by atoms with van der Waals surface area (Å²) in [7, 11) is 0. The molecule has 0 saturated heterocycles. The third kappa shape index (κ3) is 3.21. The van der Waals surface area contributed by atoms with E-state index in [2.05, 4.69) is 48.8 Å². The summed E-state index contributed by atoms with van der Waals surface area (Å²) in [4.78, 5) is 25.2. The second kappa shape index (κ2) is 7.08. The fourth-order valence-electron chi connectivity index (χ4n) is 4.68. The highest BCUT2D eigenvalue weighted by atomic mass is 16.5. The van der Waals surface area contributed by atoms with Crippen LogP contribution in [-0.2, 0) is 9.53 Å². The van der Waals surface area contributed by atoms with Gasteiger partial charge in [0.05, 0.1) is 5.92 Å². The maximum atomic E-state index is 12.8. The lowest BCUT2D eigenvalue weighted by Crippen LogP contribution is -2.24. The minimum absolute atomic E-state index is 0.0780. The van der Waals surface area contributed by atoms with Crippen LogP contribution in [0.3, 0.4) is 0 Å². The summed E-state index contributed by atoms with van der Waals surface area (Å²) in [6.07, 6.45) is 6.22. The van der Waals surface area contributed by atoms with Crippen LogP contribution in [0.15, 0.2) is 36.4 Å². The van der Waals surface area contributed by atoms with Crippen molar-refractivity contribution in [3.63, 3.8) is 0 Å². The molecule has 3 atom stereocenters. The summed E-state index contributed by atoms with van der Waals surface area (Å²) >= 11 is 0. The molecule has 0 N–H and O–H groups in total. The van der Waals surface area contributed by atoms with Gasteiger partial charge in [0.2, 0.25) is 5.78 Å². The number of ether oxygens (including phenoxy) is 1. The van der Waals surface area contributed by atoms with E-state index < -0.39 is 0 Å². The number of ketones is 1. The lowest BCUT2D eigenvalue weighted by molar-refractivity contribution is -0.148. The van der Waals surface area contributed by atoms with Crippen molar-refractivity contribution in [1.82, 2.24) is 4.57 Å². The van der Waals surface area contributed by atoms with Gasteiger partial charge in [-0.15, -0.1) is 0 Å². The molecule has 1 aromatic carbocycles. The number of allylic oxidation sites excluding steroid dienone is 2. The SMILES string of the molecule is Cc1ccc(-n2c(C)cc(C(=O)COC(=O)[C@@H]3C[C@@H]4C=C[C@H]3C4)c2C)cc1C. The maximum absolute atomic E-state index is 12.8. The Morgan fingerprint density at radius 1 is 1.04 bits per heavy atom. The Morgan fingerprint density at radius 2 is 1.82 bits per heavy atom. The number of rotatable bonds is 5. The summed E-state index contributed by atoms with van der Waals surface area (Å²) in [5.41, 5.74) is 5.99. The van der Waals surface area contributed by atoms with Crippen LogP contribution in [0.2, 0.25) is 0 Å². The Kier molecular flexibility index (Phi) is 4.74. The molecule has 4 rings (SSSR count). The average molecular weight is 377 g/mol. The highest BCUT2D eigenvalue weighted by molar-refractivity contribution is 5.99. The summed E-state index contributed by atoms with van der Waals surface area (Å²) in [5.74, 6) is 0.353. The van der Waals surface area contributed by atoms with E-state index in [1.165, 1.54) is 11.1 Å². The summed E-state index contributed by atoms with van der Waals surface area (Å²) in [5, 5.41) is 0. The smallest absolute Gasteiger partial charge is 0.310 e.